The fourth-order valence-corrected chi connectivity index (χ4v) is 3.59. The van der Waals surface area contributed by atoms with Crippen LogP contribution in [0.25, 0.3) is 10.4 Å². The molecule has 0 atom stereocenters. The molecule has 0 fully saturated rings. The van der Waals surface area contributed by atoms with Gasteiger partial charge in [0.05, 0.1) is 0 Å². The van der Waals surface area contributed by atoms with Crippen molar-refractivity contribution in [3.63, 3.8) is 0 Å². The summed E-state index contributed by atoms with van der Waals surface area (Å²) in [6.07, 6.45) is 1.08. The van der Waals surface area contributed by atoms with E-state index in [-0.39, 0.29) is 11.2 Å². The van der Waals surface area contributed by atoms with Gasteiger partial charge in [0.15, 0.2) is 0 Å². The number of hydrogen-bond acceptors (Lipinski definition) is 2. The first-order valence-corrected chi connectivity index (χ1v) is 8.19. The van der Waals surface area contributed by atoms with Crippen LogP contribution in [0.2, 0.25) is 0 Å². The molecule has 0 saturated heterocycles. The summed E-state index contributed by atoms with van der Waals surface area (Å²) < 4.78 is 14.4. The van der Waals surface area contributed by atoms with Gasteiger partial charge in [0.1, 0.15) is 5.82 Å². The van der Waals surface area contributed by atoms with Gasteiger partial charge in [-0.25, -0.2) is 4.39 Å². The van der Waals surface area contributed by atoms with Crippen LogP contribution >= 0.6 is 11.3 Å². The summed E-state index contributed by atoms with van der Waals surface area (Å²) in [6, 6.07) is 9.58. The van der Waals surface area contributed by atoms with E-state index < -0.39 is 0 Å². The van der Waals surface area contributed by atoms with Gasteiger partial charge >= 0.3 is 0 Å². The molecule has 0 aliphatic rings. The molecule has 1 heterocycles. The van der Waals surface area contributed by atoms with Gasteiger partial charge in [-0.05, 0) is 49.7 Å². The van der Waals surface area contributed by atoms with Crippen molar-refractivity contribution in [1.82, 2.24) is 4.90 Å². The molecule has 0 bridgehead atoms. The van der Waals surface area contributed by atoms with Crippen LogP contribution in [0.15, 0.2) is 30.3 Å². The smallest absolute Gasteiger partial charge is 0.132 e. The van der Waals surface area contributed by atoms with Crippen molar-refractivity contribution in [3.8, 4) is 10.4 Å². The molecule has 1 aromatic heterocycles. The van der Waals surface area contributed by atoms with E-state index in [9.17, 15) is 4.39 Å². The number of rotatable bonds is 5. The lowest BCUT2D eigenvalue weighted by Gasteiger charge is -2.20. The van der Waals surface area contributed by atoms with Gasteiger partial charge in [-0.3, -0.25) is 0 Å². The van der Waals surface area contributed by atoms with Gasteiger partial charge in [0, 0.05) is 21.9 Å². The van der Waals surface area contributed by atoms with Gasteiger partial charge < -0.3 is 4.90 Å². The van der Waals surface area contributed by atoms with E-state index in [0.717, 1.165) is 29.0 Å². The molecule has 1 nitrogen and oxygen atoms in total. The highest BCUT2D eigenvalue weighted by Crippen LogP contribution is 2.39. The predicted molar refractivity (Wildman–Crippen MR) is 90.4 cm³/mol. The minimum absolute atomic E-state index is 0.128. The zero-order chi connectivity index (χ0) is 15.6. The lowest BCUT2D eigenvalue weighted by atomic mass is 9.89. The third-order valence-electron chi connectivity index (χ3n) is 3.99. The molecule has 114 valence electrons. The summed E-state index contributed by atoms with van der Waals surface area (Å²) >= 11 is 1.71. The molecule has 2 aromatic rings. The standard InChI is InChI=1S/C18H24FNS/c1-6-18(2,3)16-11-10-15(21-16)17-13(12-20(4)5)8-7-9-14(17)19/h7-11H,6,12H2,1-5H3. The van der Waals surface area contributed by atoms with Crippen LogP contribution in [0.3, 0.4) is 0 Å². The first-order chi connectivity index (χ1) is 9.85. The van der Waals surface area contributed by atoms with Gasteiger partial charge in [-0.1, -0.05) is 32.9 Å². The highest BCUT2D eigenvalue weighted by Gasteiger charge is 2.22. The molecule has 2 rings (SSSR count). The maximum Gasteiger partial charge on any atom is 0.132 e. The topological polar surface area (TPSA) is 3.24 Å². The second kappa shape index (κ2) is 6.29. The molecule has 3 heteroatoms. The highest BCUT2D eigenvalue weighted by atomic mass is 32.1. The van der Waals surface area contributed by atoms with Crippen LogP contribution in [0.1, 0.15) is 37.6 Å². The third kappa shape index (κ3) is 3.53. The Hall–Kier alpha value is -1.19. The monoisotopic (exact) mass is 305 g/mol. The van der Waals surface area contributed by atoms with E-state index >= 15 is 0 Å². The maximum absolute atomic E-state index is 14.4. The van der Waals surface area contributed by atoms with E-state index in [1.54, 1.807) is 23.5 Å². The summed E-state index contributed by atoms with van der Waals surface area (Å²) in [5.74, 6) is -0.128. The van der Waals surface area contributed by atoms with Crippen molar-refractivity contribution in [3.05, 3.63) is 46.6 Å². The van der Waals surface area contributed by atoms with Gasteiger partial charge in [-0.15, -0.1) is 11.3 Å². The quantitative estimate of drug-likeness (QED) is 0.724. The molecule has 0 radical (unpaired) electrons. The fraction of sp³-hybridized carbons (Fsp3) is 0.444. The zero-order valence-electron chi connectivity index (χ0n) is 13.5. The van der Waals surface area contributed by atoms with Crippen LogP contribution in [-0.4, -0.2) is 19.0 Å². The molecule has 1 aromatic carbocycles. The van der Waals surface area contributed by atoms with Crippen molar-refractivity contribution in [2.75, 3.05) is 14.1 Å². The zero-order valence-corrected chi connectivity index (χ0v) is 14.4. The molecule has 0 saturated carbocycles. The summed E-state index contributed by atoms with van der Waals surface area (Å²) in [5, 5.41) is 0. The van der Waals surface area contributed by atoms with Gasteiger partial charge in [0.2, 0.25) is 0 Å². The first-order valence-electron chi connectivity index (χ1n) is 7.38. The maximum atomic E-state index is 14.4. The van der Waals surface area contributed by atoms with Crippen molar-refractivity contribution in [2.24, 2.45) is 0 Å². The Kier molecular flexibility index (Phi) is 4.84. The van der Waals surface area contributed by atoms with Crippen LogP contribution in [0.5, 0.6) is 0 Å². The molecule has 0 amide bonds. The van der Waals surface area contributed by atoms with Crippen molar-refractivity contribution < 1.29 is 4.39 Å². The number of nitrogens with zero attached hydrogens (tertiary/aromatic N) is 1. The van der Waals surface area contributed by atoms with Crippen LogP contribution in [-0.2, 0) is 12.0 Å². The Labute approximate surface area is 131 Å². The first kappa shape index (κ1) is 16.2. The van der Waals surface area contributed by atoms with Crippen molar-refractivity contribution >= 4 is 11.3 Å². The number of hydrogen-bond donors (Lipinski definition) is 0. The Morgan fingerprint density at radius 2 is 1.86 bits per heavy atom. The van der Waals surface area contributed by atoms with Crippen LogP contribution in [0, 0.1) is 5.82 Å². The molecule has 0 N–H and O–H groups in total. The molecule has 0 unspecified atom stereocenters. The molecule has 0 spiro atoms. The SMILES string of the molecule is CCC(C)(C)c1ccc(-c2c(F)cccc2CN(C)C)s1. The molecule has 0 aliphatic heterocycles. The molecule has 21 heavy (non-hydrogen) atoms. The van der Waals surface area contributed by atoms with Crippen LogP contribution < -0.4 is 0 Å². The van der Waals surface area contributed by atoms with Gasteiger partial charge in [-0.2, -0.15) is 0 Å². The number of benzene rings is 1. The predicted octanol–water partition coefficient (Wildman–Crippen LogP) is 5.30. The molecular weight excluding hydrogens is 281 g/mol. The summed E-state index contributed by atoms with van der Waals surface area (Å²) in [6.45, 7) is 7.42. The number of thiophene rings is 1. The minimum atomic E-state index is -0.128. The Bertz CT molecular complexity index is 613. The minimum Gasteiger partial charge on any atom is -0.305 e. The normalized spacial score (nSPS) is 12.1. The van der Waals surface area contributed by atoms with Crippen LogP contribution in [0.4, 0.5) is 4.39 Å². The number of halogens is 1. The summed E-state index contributed by atoms with van der Waals surface area (Å²) in [4.78, 5) is 4.42. The Balaban J connectivity index is 2.47. The largest absolute Gasteiger partial charge is 0.305 e. The Morgan fingerprint density at radius 1 is 1.14 bits per heavy atom. The average Bonchev–Trinajstić information content (AvgIpc) is 2.88. The second-order valence-electron chi connectivity index (χ2n) is 6.41. The van der Waals surface area contributed by atoms with E-state index in [1.807, 2.05) is 20.2 Å². The summed E-state index contributed by atoms with van der Waals surface area (Å²) in [5.41, 5.74) is 1.95. The fourth-order valence-electron chi connectivity index (χ4n) is 2.33. The lowest BCUT2D eigenvalue weighted by molar-refractivity contribution is 0.402. The Morgan fingerprint density at radius 3 is 2.48 bits per heavy atom. The highest BCUT2D eigenvalue weighted by molar-refractivity contribution is 7.15. The lowest BCUT2D eigenvalue weighted by Crippen LogP contribution is -2.13. The van der Waals surface area contributed by atoms with E-state index in [4.69, 9.17) is 0 Å². The van der Waals surface area contributed by atoms with E-state index in [2.05, 4.69) is 37.8 Å². The van der Waals surface area contributed by atoms with Gasteiger partial charge in [0.25, 0.3) is 0 Å². The van der Waals surface area contributed by atoms with Crippen molar-refractivity contribution in [1.29, 1.82) is 0 Å². The third-order valence-corrected chi connectivity index (χ3v) is 5.46. The second-order valence-corrected chi connectivity index (χ2v) is 7.50. The van der Waals surface area contributed by atoms with Crippen molar-refractivity contribution in [2.45, 2.75) is 39.2 Å². The molecule has 0 aliphatic carbocycles. The van der Waals surface area contributed by atoms with E-state index in [0.29, 0.717) is 0 Å². The average molecular weight is 305 g/mol. The molecular formula is C18H24FNS. The summed E-state index contributed by atoms with van der Waals surface area (Å²) in [7, 11) is 4.02. The van der Waals surface area contributed by atoms with E-state index in [1.165, 1.54) is 4.88 Å².